The fraction of sp³-hybridized carbons (Fsp3) is 0.412. The number of benzene rings is 1. The molecule has 3 rings (SSSR count). The van der Waals surface area contributed by atoms with Gasteiger partial charge in [-0.1, -0.05) is 35.5 Å². The van der Waals surface area contributed by atoms with E-state index in [4.69, 9.17) is 0 Å². The van der Waals surface area contributed by atoms with Crippen molar-refractivity contribution in [3.8, 4) is 0 Å². The molecule has 2 aromatic heterocycles. The van der Waals surface area contributed by atoms with E-state index in [-0.39, 0.29) is 11.6 Å². The SMILES string of the molecule is Cc1nc([C@H](NCc2cn(C(C)(C)C)nn2)c2ccccc2)n[nH]1. The smallest absolute Gasteiger partial charge is 0.172 e. The average molecular weight is 325 g/mol. The summed E-state index contributed by atoms with van der Waals surface area (Å²) in [7, 11) is 0. The van der Waals surface area contributed by atoms with Gasteiger partial charge in [0, 0.05) is 6.54 Å². The highest BCUT2D eigenvalue weighted by Crippen LogP contribution is 2.19. The second kappa shape index (κ2) is 6.52. The molecular formula is C17H23N7. The van der Waals surface area contributed by atoms with E-state index in [9.17, 15) is 0 Å². The zero-order valence-electron chi connectivity index (χ0n) is 14.5. The zero-order chi connectivity index (χ0) is 17.2. The molecule has 0 fully saturated rings. The van der Waals surface area contributed by atoms with E-state index in [0.29, 0.717) is 6.54 Å². The fourth-order valence-corrected chi connectivity index (χ4v) is 2.41. The van der Waals surface area contributed by atoms with E-state index in [1.54, 1.807) is 0 Å². The van der Waals surface area contributed by atoms with Crippen LogP contribution in [0.1, 0.15) is 49.7 Å². The van der Waals surface area contributed by atoms with Crippen LogP contribution in [0.15, 0.2) is 36.5 Å². The highest BCUT2D eigenvalue weighted by Gasteiger charge is 2.19. The lowest BCUT2D eigenvalue weighted by Gasteiger charge is -2.17. The van der Waals surface area contributed by atoms with E-state index < -0.39 is 0 Å². The highest BCUT2D eigenvalue weighted by atomic mass is 15.4. The Morgan fingerprint density at radius 1 is 1.21 bits per heavy atom. The Kier molecular flexibility index (Phi) is 4.44. The number of rotatable bonds is 5. The van der Waals surface area contributed by atoms with Crippen molar-refractivity contribution in [2.24, 2.45) is 0 Å². The number of hydrogen-bond donors (Lipinski definition) is 2. The first-order chi connectivity index (χ1) is 11.4. The van der Waals surface area contributed by atoms with Crippen LogP contribution in [-0.4, -0.2) is 30.2 Å². The van der Waals surface area contributed by atoms with Crippen LogP contribution in [0.4, 0.5) is 0 Å². The van der Waals surface area contributed by atoms with Crippen LogP contribution in [0.2, 0.25) is 0 Å². The molecule has 0 bridgehead atoms. The summed E-state index contributed by atoms with van der Waals surface area (Å²) in [5.74, 6) is 1.52. The summed E-state index contributed by atoms with van der Waals surface area (Å²) < 4.78 is 1.87. The van der Waals surface area contributed by atoms with E-state index in [2.05, 4.69) is 63.7 Å². The third-order valence-corrected chi connectivity index (χ3v) is 3.72. The number of nitrogens with zero attached hydrogens (tertiary/aromatic N) is 5. The Bertz CT molecular complexity index is 783. The predicted octanol–water partition coefficient (Wildman–Crippen LogP) is 2.34. The van der Waals surface area contributed by atoms with Crippen molar-refractivity contribution in [2.75, 3.05) is 0 Å². The molecule has 0 aliphatic carbocycles. The first kappa shape index (κ1) is 16.3. The number of H-pyrrole nitrogens is 1. The van der Waals surface area contributed by atoms with Crippen LogP contribution >= 0.6 is 0 Å². The number of aromatic nitrogens is 6. The minimum absolute atomic E-state index is 0.0784. The number of aryl methyl sites for hydroxylation is 1. The Morgan fingerprint density at radius 3 is 2.54 bits per heavy atom. The second-order valence-corrected chi connectivity index (χ2v) is 6.83. The summed E-state index contributed by atoms with van der Waals surface area (Å²) in [5, 5.41) is 19.2. The van der Waals surface area contributed by atoms with Crippen molar-refractivity contribution in [1.29, 1.82) is 0 Å². The van der Waals surface area contributed by atoms with E-state index in [1.165, 1.54) is 0 Å². The lowest BCUT2D eigenvalue weighted by molar-refractivity contribution is 0.347. The van der Waals surface area contributed by atoms with Gasteiger partial charge in [0.1, 0.15) is 5.82 Å². The summed E-state index contributed by atoms with van der Waals surface area (Å²) in [4.78, 5) is 4.47. The van der Waals surface area contributed by atoms with Gasteiger partial charge in [-0.3, -0.25) is 10.4 Å². The first-order valence-corrected chi connectivity index (χ1v) is 8.02. The Morgan fingerprint density at radius 2 is 1.96 bits per heavy atom. The molecule has 2 N–H and O–H groups in total. The number of nitrogens with one attached hydrogen (secondary N) is 2. The molecule has 1 atom stereocenters. The molecule has 0 aliphatic heterocycles. The molecule has 126 valence electrons. The minimum atomic E-state index is -0.101. The Balaban J connectivity index is 1.79. The summed E-state index contributed by atoms with van der Waals surface area (Å²) >= 11 is 0. The van der Waals surface area contributed by atoms with Gasteiger partial charge < -0.3 is 0 Å². The second-order valence-electron chi connectivity index (χ2n) is 6.83. The molecule has 0 radical (unpaired) electrons. The van der Waals surface area contributed by atoms with Crippen molar-refractivity contribution in [1.82, 2.24) is 35.5 Å². The summed E-state index contributed by atoms with van der Waals surface area (Å²) in [6.45, 7) is 8.78. The van der Waals surface area contributed by atoms with Gasteiger partial charge in [-0.05, 0) is 33.3 Å². The van der Waals surface area contributed by atoms with Crippen molar-refractivity contribution in [3.63, 3.8) is 0 Å². The lowest BCUT2D eigenvalue weighted by Crippen LogP contribution is -2.24. The molecule has 0 spiro atoms. The lowest BCUT2D eigenvalue weighted by atomic mass is 10.1. The molecule has 0 amide bonds. The van der Waals surface area contributed by atoms with Gasteiger partial charge in [-0.2, -0.15) is 5.10 Å². The van der Waals surface area contributed by atoms with Gasteiger partial charge in [0.25, 0.3) is 0 Å². The Labute approximate surface area is 141 Å². The molecule has 24 heavy (non-hydrogen) atoms. The quantitative estimate of drug-likeness (QED) is 0.752. The van der Waals surface area contributed by atoms with Crippen molar-refractivity contribution in [2.45, 2.75) is 45.8 Å². The van der Waals surface area contributed by atoms with Crippen molar-refractivity contribution >= 4 is 0 Å². The van der Waals surface area contributed by atoms with E-state index in [1.807, 2.05) is 36.0 Å². The van der Waals surface area contributed by atoms with Gasteiger partial charge in [0.15, 0.2) is 5.82 Å². The van der Waals surface area contributed by atoms with Gasteiger partial charge in [0.05, 0.1) is 23.5 Å². The average Bonchev–Trinajstić information content (AvgIpc) is 3.18. The molecule has 0 unspecified atom stereocenters. The minimum Gasteiger partial charge on any atom is -0.298 e. The highest BCUT2D eigenvalue weighted by molar-refractivity contribution is 5.24. The molecular weight excluding hydrogens is 302 g/mol. The standard InChI is InChI=1S/C17H23N7/c1-12-19-16(22-20-12)15(13-8-6-5-7-9-13)18-10-14-11-24(23-21-14)17(2,3)4/h5-9,11,15,18H,10H2,1-4H3,(H,19,20,22)/t15-/m1/s1. The monoisotopic (exact) mass is 325 g/mol. The van der Waals surface area contributed by atoms with Crippen LogP contribution in [0, 0.1) is 6.92 Å². The third-order valence-electron chi connectivity index (χ3n) is 3.72. The maximum atomic E-state index is 4.47. The topological polar surface area (TPSA) is 84.3 Å². The van der Waals surface area contributed by atoms with Gasteiger partial charge >= 0.3 is 0 Å². The van der Waals surface area contributed by atoms with Gasteiger partial charge in [-0.15, -0.1) is 5.10 Å². The molecule has 2 heterocycles. The molecule has 0 aliphatic rings. The summed E-state index contributed by atoms with van der Waals surface area (Å²) in [6, 6.07) is 10.1. The van der Waals surface area contributed by atoms with Crippen molar-refractivity contribution < 1.29 is 0 Å². The fourth-order valence-electron chi connectivity index (χ4n) is 2.41. The van der Waals surface area contributed by atoms with Gasteiger partial charge in [0.2, 0.25) is 0 Å². The van der Waals surface area contributed by atoms with Crippen LogP contribution in [-0.2, 0) is 12.1 Å². The number of aromatic amines is 1. The van der Waals surface area contributed by atoms with E-state index >= 15 is 0 Å². The maximum absolute atomic E-state index is 4.47. The predicted molar refractivity (Wildman–Crippen MR) is 91.3 cm³/mol. The van der Waals surface area contributed by atoms with Crippen molar-refractivity contribution in [3.05, 3.63) is 59.4 Å². The summed E-state index contributed by atoms with van der Waals surface area (Å²) in [6.07, 6.45) is 1.97. The molecule has 7 nitrogen and oxygen atoms in total. The normalized spacial score (nSPS) is 13.2. The maximum Gasteiger partial charge on any atom is 0.172 e. The third kappa shape index (κ3) is 3.68. The first-order valence-electron chi connectivity index (χ1n) is 8.02. The Hall–Kier alpha value is -2.54. The molecule has 7 heteroatoms. The molecule has 0 saturated heterocycles. The van der Waals surface area contributed by atoms with Crippen LogP contribution in [0.25, 0.3) is 0 Å². The molecule has 0 saturated carbocycles. The van der Waals surface area contributed by atoms with Crippen LogP contribution < -0.4 is 5.32 Å². The largest absolute Gasteiger partial charge is 0.298 e. The molecule has 1 aromatic carbocycles. The van der Waals surface area contributed by atoms with Gasteiger partial charge in [-0.25, -0.2) is 9.67 Å². The molecule has 3 aromatic rings. The van der Waals surface area contributed by atoms with E-state index in [0.717, 1.165) is 22.9 Å². The zero-order valence-corrected chi connectivity index (χ0v) is 14.5. The number of hydrogen-bond acceptors (Lipinski definition) is 5. The summed E-state index contributed by atoms with van der Waals surface area (Å²) in [5.41, 5.74) is 1.92. The van der Waals surface area contributed by atoms with Crippen LogP contribution in [0.3, 0.4) is 0 Å². The van der Waals surface area contributed by atoms with Crippen LogP contribution in [0.5, 0.6) is 0 Å².